The van der Waals surface area contributed by atoms with Crippen LogP contribution >= 0.6 is 0 Å². The second-order valence-corrected chi connectivity index (χ2v) is 3.18. The van der Waals surface area contributed by atoms with Crippen molar-refractivity contribution in [2.75, 3.05) is 18.0 Å². The van der Waals surface area contributed by atoms with Gasteiger partial charge in [0.1, 0.15) is 5.82 Å². The van der Waals surface area contributed by atoms with Crippen LogP contribution in [0.2, 0.25) is 0 Å². The molecule has 0 unspecified atom stereocenters. The molecule has 2 heterocycles. The first-order chi connectivity index (χ1) is 5.86. The second-order valence-electron chi connectivity index (χ2n) is 3.18. The van der Waals surface area contributed by atoms with E-state index in [0.717, 1.165) is 24.6 Å². The fraction of sp³-hybridized carbons (Fsp3) is 0.400. The Morgan fingerprint density at radius 3 is 2.67 bits per heavy atom. The molecule has 0 bridgehead atoms. The maximum Gasteiger partial charge on any atom is 0.128 e. The van der Waals surface area contributed by atoms with Crippen molar-refractivity contribution in [1.29, 1.82) is 0 Å². The number of rotatable bonds is 1. The predicted molar refractivity (Wildman–Crippen MR) is 50.1 cm³/mol. The molecule has 0 atom stereocenters. The van der Waals surface area contributed by atoms with E-state index in [1.54, 1.807) is 0 Å². The van der Waals surface area contributed by atoms with Crippen LogP contribution < -0.4 is 4.90 Å². The molecule has 0 amide bonds. The number of aromatic nitrogens is 1. The molecule has 63 valence electrons. The summed E-state index contributed by atoms with van der Waals surface area (Å²) in [4.78, 5) is 6.68. The summed E-state index contributed by atoms with van der Waals surface area (Å²) in [7, 11) is 0. The Balaban J connectivity index is 2.21. The van der Waals surface area contributed by atoms with Gasteiger partial charge in [0.25, 0.3) is 0 Å². The van der Waals surface area contributed by atoms with E-state index in [2.05, 4.69) is 22.9 Å². The molecule has 1 aromatic heterocycles. The van der Waals surface area contributed by atoms with Crippen LogP contribution in [0, 0.1) is 6.92 Å². The summed E-state index contributed by atoms with van der Waals surface area (Å²) in [6, 6.07) is 6.00. The Kier molecular flexibility index (Phi) is 1.98. The van der Waals surface area contributed by atoms with Crippen LogP contribution in [0.25, 0.3) is 0 Å². The van der Waals surface area contributed by atoms with E-state index in [9.17, 15) is 0 Å². The molecule has 2 nitrogen and oxygen atoms in total. The van der Waals surface area contributed by atoms with Crippen LogP contribution in [0.5, 0.6) is 0 Å². The van der Waals surface area contributed by atoms with Crippen molar-refractivity contribution in [3.8, 4) is 0 Å². The van der Waals surface area contributed by atoms with E-state index in [0.29, 0.717) is 0 Å². The highest BCUT2D eigenvalue weighted by Crippen LogP contribution is 2.17. The van der Waals surface area contributed by atoms with Crippen molar-refractivity contribution < 1.29 is 0 Å². The number of nitrogens with zero attached hydrogens (tertiary/aromatic N) is 2. The van der Waals surface area contributed by atoms with Gasteiger partial charge in [0.05, 0.1) is 0 Å². The minimum atomic E-state index is 0.861. The highest BCUT2D eigenvalue weighted by molar-refractivity contribution is 5.40. The van der Waals surface area contributed by atoms with Crippen LogP contribution in [-0.4, -0.2) is 18.1 Å². The van der Waals surface area contributed by atoms with Crippen molar-refractivity contribution in [3.05, 3.63) is 30.8 Å². The van der Waals surface area contributed by atoms with Crippen LogP contribution in [0.4, 0.5) is 5.82 Å². The topological polar surface area (TPSA) is 16.1 Å². The summed E-state index contributed by atoms with van der Waals surface area (Å²) in [5, 5.41) is 0. The highest BCUT2D eigenvalue weighted by Gasteiger charge is 2.12. The van der Waals surface area contributed by atoms with E-state index >= 15 is 0 Å². The number of pyridine rings is 1. The van der Waals surface area contributed by atoms with Crippen molar-refractivity contribution in [3.63, 3.8) is 0 Å². The lowest BCUT2D eigenvalue weighted by molar-refractivity contribution is 0.934. The molecule has 12 heavy (non-hydrogen) atoms. The van der Waals surface area contributed by atoms with Crippen LogP contribution in [-0.2, 0) is 0 Å². The van der Waals surface area contributed by atoms with Crippen molar-refractivity contribution in [2.45, 2.75) is 12.8 Å². The summed E-state index contributed by atoms with van der Waals surface area (Å²) in [5.41, 5.74) is 0.861. The normalized spacial score (nSPS) is 16.9. The van der Waals surface area contributed by atoms with Crippen molar-refractivity contribution >= 4 is 5.82 Å². The van der Waals surface area contributed by atoms with Gasteiger partial charge < -0.3 is 4.90 Å². The standard InChI is InChI=1S/C10H13N2/c1-9-5-4-6-10(11-9)12-7-2-3-8-12/h4-6H,1-3,7-8H2. The molecule has 1 fully saturated rings. The van der Waals surface area contributed by atoms with Gasteiger partial charge in [-0.25, -0.2) is 4.98 Å². The van der Waals surface area contributed by atoms with Gasteiger partial charge >= 0.3 is 0 Å². The summed E-state index contributed by atoms with van der Waals surface area (Å²) in [6.07, 6.45) is 2.59. The van der Waals surface area contributed by atoms with Crippen LogP contribution in [0.15, 0.2) is 18.2 Å². The Morgan fingerprint density at radius 1 is 1.25 bits per heavy atom. The summed E-state index contributed by atoms with van der Waals surface area (Å²) in [6.45, 7) is 6.11. The Labute approximate surface area is 73.2 Å². The molecule has 0 aliphatic carbocycles. The van der Waals surface area contributed by atoms with Gasteiger partial charge in [-0.3, -0.25) is 0 Å². The third-order valence-electron chi connectivity index (χ3n) is 2.22. The molecule has 1 aliphatic heterocycles. The minimum absolute atomic E-state index is 0.861. The number of anilines is 1. The molecule has 1 aromatic rings. The summed E-state index contributed by atoms with van der Waals surface area (Å²) in [5.74, 6) is 1.08. The first-order valence-electron chi connectivity index (χ1n) is 4.40. The minimum Gasteiger partial charge on any atom is -0.357 e. The molecule has 1 saturated heterocycles. The average molecular weight is 161 g/mol. The average Bonchev–Trinajstić information content (AvgIpc) is 2.56. The third-order valence-corrected chi connectivity index (χ3v) is 2.22. The molecule has 0 saturated carbocycles. The monoisotopic (exact) mass is 161 g/mol. The van der Waals surface area contributed by atoms with Gasteiger partial charge in [0.15, 0.2) is 0 Å². The maximum absolute atomic E-state index is 4.37. The highest BCUT2D eigenvalue weighted by atomic mass is 15.2. The summed E-state index contributed by atoms with van der Waals surface area (Å²) < 4.78 is 0. The van der Waals surface area contributed by atoms with Crippen LogP contribution in [0.3, 0.4) is 0 Å². The van der Waals surface area contributed by atoms with Crippen molar-refractivity contribution in [1.82, 2.24) is 4.98 Å². The lowest BCUT2D eigenvalue weighted by Gasteiger charge is -2.15. The number of hydrogen-bond donors (Lipinski definition) is 0. The fourth-order valence-corrected chi connectivity index (χ4v) is 1.59. The first-order valence-corrected chi connectivity index (χ1v) is 4.40. The van der Waals surface area contributed by atoms with Crippen LogP contribution in [0.1, 0.15) is 18.5 Å². The van der Waals surface area contributed by atoms with E-state index in [1.807, 2.05) is 12.1 Å². The largest absolute Gasteiger partial charge is 0.357 e. The molecule has 2 heteroatoms. The molecule has 0 N–H and O–H groups in total. The predicted octanol–water partition coefficient (Wildman–Crippen LogP) is 1.86. The molecule has 2 rings (SSSR count). The fourth-order valence-electron chi connectivity index (χ4n) is 1.59. The molecule has 1 radical (unpaired) electrons. The van der Waals surface area contributed by atoms with Gasteiger partial charge in [0.2, 0.25) is 0 Å². The maximum atomic E-state index is 4.37. The van der Waals surface area contributed by atoms with E-state index in [4.69, 9.17) is 0 Å². The first kappa shape index (κ1) is 7.59. The molecular formula is C10H13N2. The Bertz CT molecular complexity index is 264. The Morgan fingerprint density at radius 2 is 2.00 bits per heavy atom. The van der Waals surface area contributed by atoms with Gasteiger partial charge in [-0.15, -0.1) is 0 Å². The van der Waals surface area contributed by atoms with Crippen molar-refractivity contribution in [2.24, 2.45) is 0 Å². The molecular weight excluding hydrogens is 148 g/mol. The van der Waals surface area contributed by atoms with Gasteiger partial charge in [0, 0.05) is 18.8 Å². The van der Waals surface area contributed by atoms with Gasteiger partial charge in [-0.05, 0) is 31.9 Å². The molecule has 1 aliphatic rings. The van der Waals surface area contributed by atoms with E-state index in [1.165, 1.54) is 12.8 Å². The number of hydrogen-bond acceptors (Lipinski definition) is 2. The van der Waals surface area contributed by atoms with Gasteiger partial charge in [-0.2, -0.15) is 0 Å². The lowest BCUT2D eigenvalue weighted by atomic mass is 10.3. The Hall–Kier alpha value is -1.05. The zero-order valence-electron chi connectivity index (χ0n) is 7.16. The summed E-state index contributed by atoms with van der Waals surface area (Å²) >= 11 is 0. The molecule has 0 aromatic carbocycles. The lowest BCUT2D eigenvalue weighted by Crippen LogP contribution is -2.18. The smallest absolute Gasteiger partial charge is 0.128 e. The second kappa shape index (κ2) is 3.13. The SMILES string of the molecule is [CH2]c1cccc(N2CCCC2)n1. The zero-order valence-corrected chi connectivity index (χ0v) is 7.16. The molecule has 0 spiro atoms. The van der Waals surface area contributed by atoms with Gasteiger partial charge in [-0.1, -0.05) is 6.07 Å². The van der Waals surface area contributed by atoms with E-state index in [-0.39, 0.29) is 0 Å². The third kappa shape index (κ3) is 1.42. The zero-order chi connectivity index (χ0) is 8.39. The quantitative estimate of drug-likeness (QED) is 0.625. The van der Waals surface area contributed by atoms with E-state index < -0.39 is 0 Å².